The molecule has 1 heterocycles. The van der Waals surface area contributed by atoms with E-state index in [-0.39, 0.29) is 11.6 Å². The van der Waals surface area contributed by atoms with Crippen molar-refractivity contribution in [2.45, 2.75) is 37.6 Å². The van der Waals surface area contributed by atoms with Crippen LogP contribution in [0, 0.1) is 0 Å². The molecule has 3 rings (SSSR count). The lowest BCUT2D eigenvalue weighted by Crippen LogP contribution is -2.47. The minimum Gasteiger partial charge on any atom is -0.497 e. The third-order valence-electron chi connectivity index (χ3n) is 4.35. The zero-order chi connectivity index (χ0) is 14.2. The normalized spacial score (nSPS) is 21.1. The zero-order valence-electron chi connectivity index (χ0n) is 11.7. The average Bonchev–Trinajstić information content (AvgIpc) is 2.71. The summed E-state index contributed by atoms with van der Waals surface area (Å²) in [6.45, 7) is 3.98. The first kappa shape index (κ1) is 13.0. The number of carbonyl (C=O) groups excluding carboxylic acids is 1. The highest BCUT2D eigenvalue weighted by atomic mass is 16.6. The first-order valence-electron chi connectivity index (χ1n) is 7.03. The predicted molar refractivity (Wildman–Crippen MR) is 76.9 cm³/mol. The van der Waals surface area contributed by atoms with Crippen LogP contribution in [0.4, 0.5) is 10.5 Å². The molecule has 1 amide bonds. The fourth-order valence-electron chi connectivity index (χ4n) is 3.27. The fourth-order valence-corrected chi connectivity index (χ4v) is 3.27. The second-order valence-electron chi connectivity index (χ2n) is 5.42. The summed E-state index contributed by atoms with van der Waals surface area (Å²) in [6, 6.07) is 7.52. The molecule has 1 saturated heterocycles. The van der Waals surface area contributed by atoms with Crippen LogP contribution in [-0.2, 0) is 4.74 Å². The van der Waals surface area contributed by atoms with E-state index in [0.29, 0.717) is 5.76 Å². The number of ether oxygens (including phenoxy) is 2. The molecule has 1 aliphatic heterocycles. The van der Waals surface area contributed by atoms with Gasteiger partial charge in [-0.25, -0.2) is 4.79 Å². The quantitative estimate of drug-likeness (QED) is 0.821. The monoisotopic (exact) mass is 273 g/mol. The number of nitrogens with zero attached hydrogens (tertiary/aromatic N) is 1. The van der Waals surface area contributed by atoms with Gasteiger partial charge in [-0.2, -0.15) is 0 Å². The van der Waals surface area contributed by atoms with Gasteiger partial charge in [-0.15, -0.1) is 0 Å². The Hall–Kier alpha value is -1.97. The lowest BCUT2D eigenvalue weighted by atomic mass is 9.79. The fraction of sp³-hybridized carbons (Fsp3) is 0.438. The highest BCUT2D eigenvalue weighted by Crippen LogP contribution is 2.46. The van der Waals surface area contributed by atoms with E-state index in [9.17, 15) is 4.79 Å². The van der Waals surface area contributed by atoms with Gasteiger partial charge in [-0.1, -0.05) is 25.8 Å². The summed E-state index contributed by atoms with van der Waals surface area (Å²) in [4.78, 5) is 14.0. The van der Waals surface area contributed by atoms with Crippen molar-refractivity contribution in [1.29, 1.82) is 0 Å². The van der Waals surface area contributed by atoms with E-state index in [2.05, 4.69) is 6.58 Å². The van der Waals surface area contributed by atoms with Gasteiger partial charge in [0.2, 0.25) is 0 Å². The molecule has 20 heavy (non-hydrogen) atoms. The Labute approximate surface area is 119 Å². The van der Waals surface area contributed by atoms with Gasteiger partial charge >= 0.3 is 6.09 Å². The first-order chi connectivity index (χ1) is 9.67. The Bertz CT molecular complexity index is 529. The van der Waals surface area contributed by atoms with Crippen LogP contribution >= 0.6 is 0 Å². The number of cyclic esters (lactones) is 1. The lowest BCUT2D eigenvalue weighted by molar-refractivity contribution is 0.197. The van der Waals surface area contributed by atoms with E-state index >= 15 is 0 Å². The Morgan fingerprint density at radius 3 is 2.45 bits per heavy atom. The zero-order valence-corrected chi connectivity index (χ0v) is 11.7. The Kier molecular flexibility index (Phi) is 3.16. The molecule has 0 bridgehead atoms. The van der Waals surface area contributed by atoms with Gasteiger partial charge in [0.25, 0.3) is 0 Å². The van der Waals surface area contributed by atoms with Gasteiger partial charge in [0.1, 0.15) is 17.0 Å². The summed E-state index contributed by atoms with van der Waals surface area (Å²) in [5.74, 6) is 1.37. The van der Waals surface area contributed by atoms with E-state index in [1.165, 1.54) is 6.42 Å². The van der Waals surface area contributed by atoms with Crippen LogP contribution in [0.25, 0.3) is 0 Å². The number of anilines is 1. The van der Waals surface area contributed by atoms with E-state index < -0.39 is 0 Å². The van der Waals surface area contributed by atoms with Crippen molar-refractivity contribution in [1.82, 2.24) is 0 Å². The van der Waals surface area contributed by atoms with Crippen molar-refractivity contribution in [3.8, 4) is 5.75 Å². The second-order valence-corrected chi connectivity index (χ2v) is 5.42. The minimum atomic E-state index is -0.357. The van der Waals surface area contributed by atoms with Crippen LogP contribution in [0.1, 0.15) is 32.1 Å². The molecule has 1 aromatic carbocycles. The van der Waals surface area contributed by atoms with Gasteiger partial charge in [-0.3, -0.25) is 4.90 Å². The van der Waals surface area contributed by atoms with Crippen molar-refractivity contribution < 1.29 is 14.3 Å². The average molecular weight is 273 g/mol. The molecule has 0 atom stereocenters. The van der Waals surface area contributed by atoms with Crippen molar-refractivity contribution >= 4 is 11.8 Å². The third kappa shape index (κ3) is 1.87. The van der Waals surface area contributed by atoms with Gasteiger partial charge in [0.05, 0.1) is 7.11 Å². The van der Waals surface area contributed by atoms with E-state index in [0.717, 1.165) is 37.1 Å². The Balaban J connectivity index is 1.99. The highest BCUT2D eigenvalue weighted by molar-refractivity contribution is 5.94. The molecule has 2 aliphatic rings. The number of hydrogen-bond donors (Lipinski definition) is 0. The minimum absolute atomic E-state index is 0.318. The summed E-state index contributed by atoms with van der Waals surface area (Å²) in [6.07, 6.45) is 4.93. The van der Waals surface area contributed by atoms with Gasteiger partial charge in [0.15, 0.2) is 0 Å². The summed E-state index contributed by atoms with van der Waals surface area (Å²) in [5.41, 5.74) is 0.487. The summed E-state index contributed by atoms with van der Waals surface area (Å²) < 4.78 is 10.5. The topological polar surface area (TPSA) is 38.8 Å². The molecule has 2 fully saturated rings. The molecule has 106 valence electrons. The molecule has 1 saturated carbocycles. The summed E-state index contributed by atoms with van der Waals surface area (Å²) in [7, 11) is 1.63. The van der Waals surface area contributed by atoms with Gasteiger partial charge < -0.3 is 9.47 Å². The maximum Gasteiger partial charge on any atom is 0.420 e. The third-order valence-corrected chi connectivity index (χ3v) is 4.35. The van der Waals surface area contributed by atoms with Crippen LogP contribution in [-0.4, -0.2) is 18.7 Å². The van der Waals surface area contributed by atoms with Crippen molar-refractivity contribution in [3.05, 3.63) is 36.6 Å². The number of hydrogen-bond acceptors (Lipinski definition) is 3. The maximum atomic E-state index is 12.2. The van der Waals surface area contributed by atoms with E-state index in [1.807, 2.05) is 24.3 Å². The number of methoxy groups -OCH3 is 1. The molecule has 0 unspecified atom stereocenters. The summed E-state index contributed by atoms with van der Waals surface area (Å²) in [5, 5.41) is 0. The van der Waals surface area contributed by atoms with Crippen molar-refractivity contribution in [2.24, 2.45) is 0 Å². The number of rotatable bonds is 2. The van der Waals surface area contributed by atoms with Crippen LogP contribution < -0.4 is 9.64 Å². The summed E-state index contributed by atoms with van der Waals surface area (Å²) >= 11 is 0. The van der Waals surface area contributed by atoms with Gasteiger partial charge in [0, 0.05) is 5.69 Å². The molecule has 4 nitrogen and oxygen atoms in total. The second kappa shape index (κ2) is 4.85. The van der Waals surface area contributed by atoms with Crippen LogP contribution in [0.5, 0.6) is 5.75 Å². The smallest absolute Gasteiger partial charge is 0.420 e. The molecule has 1 aliphatic carbocycles. The molecular formula is C16H19NO3. The standard InChI is InChI=1S/C16H19NO3/c1-12-16(10-4-3-5-11-16)17(15(18)20-12)13-6-8-14(19-2)9-7-13/h6-9H,1,3-5,10-11H2,2H3. The molecule has 0 N–H and O–H groups in total. The van der Waals surface area contributed by atoms with E-state index in [1.54, 1.807) is 12.0 Å². The SMILES string of the molecule is C=C1OC(=O)N(c2ccc(OC)cc2)C12CCCCC2. The van der Waals surface area contributed by atoms with Crippen molar-refractivity contribution in [3.63, 3.8) is 0 Å². The Morgan fingerprint density at radius 2 is 1.85 bits per heavy atom. The number of benzene rings is 1. The lowest BCUT2D eigenvalue weighted by Gasteiger charge is -2.38. The van der Waals surface area contributed by atoms with E-state index in [4.69, 9.17) is 9.47 Å². The first-order valence-corrected chi connectivity index (χ1v) is 7.03. The predicted octanol–water partition coefficient (Wildman–Crippen LogP) is 3.87. The molecule has 0 aromatic heterocycles. The highest BCUT2D eigenvalue weighted by Gasteiger charge is 2.51. The molecular weight excluding hydrogens is 254 g/mol. The number of carbonyl (C=O) groups is 1. The molecule has 0 radical (unpaired) electrons. The van der Waals surface area contributed by atoms with Crippen LogP contribution in [0.3, 0.4) is 0 Å². The molecule has 1 aromatic rings. The van der Waals surface area contributed by atoms with Gasteiger partial charge in [-0.05, 0) is 37.1 Å². The van der Waals surface area contributed by atoms with Crippen LogP contribution in [0.15, 0.2) is 36.6 Å². The van der Waals surface area contributed by atoms with Crippen molar-refractivity contribution in [2.75, 3.05) is 12.0 Å². The Morgan fingerprint density at radius 1 is 1.20 bits per heavy atom. The maximum absolute atomic E-state index is 12.2. The largest absolute Gasteiger partial charge is 0.497 e. The van der Waals surface area contributed by atoms with Crippen LogP contribution in [0.2, 0.25) is 0 Å². The molecule has 1 spiro atoms. The molecule has 4 heteroatoms. The number of amides is 1.